The van der Waals surface area contributed by atoms with Crippen molar-refractivity contribution in [2.24, 2.45) is 0 Å². The van der Waals surface area contributed by atoms with Crippen LogP contribution in [-0.4, -0.2) is 56.7 Å². The highest BCUT2D eigenvalue weighted by molar-refractivity contribution is 6.30. The van der Waals surface area contributed by atoms with E-state index in [2.05, 4.69) is 21.0 Å². The summed E-state index contributed by atoms with van der Waals surface area (Å²) in [6.45, 7) is 6.10. The van der Waals surface area contributed by atoms with E-state index in [4.69, 9.17) is 11.6 Å². The number of pyridine rings is 1. The molecule has 0 aliphatic carbocycles. The Balaban J connectivity index is 1.56. The Morgan fingerprint density at radius 2 is 2.08 bits per heavy atom. The van der Waals surface area contributed by atoms with E-state index in [9.17, 15) is 4.79 Å². The summed E-state index contributed by atoms with van der Waals surface area (Å²) < 4.78 is 1.67. The van der Waals surface area contributed by atoms with E-state index in [1.807, 2.05) is 24.1 Å². The summed E-state index contributed by atoms with van der Waals surface area (Å²) in [6, 6.07) is 3.76. The summed E-state index contributed by atoms with van der Waals surface area (Å²) in [4.78, 5) is 21.2. The van der Waals surface area contributed by atoms with Gasteiger partial charge >= 0.3 is 0 Å². The summed E-state index contributed by atoms with van der Waals surface area (Å²) in [5.74, 6) is 0.123. The summed E-state index contributed by atoms with van der Waals surface area (Å²) in [5, 5.41) is 4.75. The smallest absolute Gasteiger partial charge is 0.247 e. The lowest BCUT2D eigenvalue weighted by molar-refractivity contribution is -0.137. The number of piperazine rings is 1. The van der Waals surface area contributed by atoms with E-state index < -0.39 is 0 Å². The molecule has 1 fully saturated rings. The Labute approximate surface area is 147 Å². The molecule has 1 saturated heterocycles. The molecule has 2 aromatic rings. The number of nitrogens with zero attached hydrogens (tertiary/aromatic N) is 5. The zero-order valence-electron chi connectivity index (χ0n) is 13.8. The molecule has 6 nitrogen and oxygen atoms in total. The number of amides is 1. The monoisotopic (exact) mass is 347 g/mol. The molecule has 0 spiro atoms. The lowest BCUT2D eigenvalue weighted by Gasteiger charge is -2.36. The van der Waals surface area contributed by atoms with Crippen molar-refractivity contribution in [2.45, 2.75) is 25.9 Å². The minimum Gasteiger partial charge on any atom is -0.338 e. The zero-order valence-corrected chi connectivity index (χ0v) is 14.6. The lowest BCUT2D eigenvalue weighted by atomic mass is 10.1. The molecule has 0 aromatic carbocycles. The molecule has 1 amide bonds. The highest BCUT2D eigenvalue weighted by Gasteiger charge is 2.28. The molecule has 128 valence electrons. The molecule has 0 bridgehead atoms. The van der Waals surface area contributed by atoms with Gasteiger partial charge in [-0.1, -0.05) is 24.6 Å². The molecule has 24 heavy (non-hydrogen) atoms. The van der Waals surface area contributed by atoms with Gasteiger partial charge in [0.15, 0.2) is 0 Å². The van der Waals surface area contributed by atoms with Crippen LogP contribution in [0.1, 0.15) is 24.9 Å². The zero-order chi connectivity index (χ0) is 16.9. The lowest BCUT2D eigenvalue weighted by Crippen LogP contribution is -2.50. The first-order chi connectivity index (χ1) is 11.7. The van der Waals surface area contributed by atoms with Gasteiger partial charge in [-0.05, 0) is 18.1 Å². The average Bonchev–Trinajstić information content (AvgIpc) is 3.03. The van der Waals surface area contributed by atoms with Crippen LogP contribution in [0.25, 0.3) is 0 Å². The number of rotatable bonds is 5. The second-order valence-corrected chi connectivity index (χ2v) is 6.46. The molecule has 1 aliphatic rings. The third kappa shape index (κ3) is 3.94. The Bertz CT molecular complexity index is 667. The Morgan fingerprint density at radius 1 is 1.29 bits per heavy atom. The molecular weight excluding hydrogens is 326 g/mol. The van der Waals surface area contributed by atoms with Gasteiger partial charge in [0, 0.05) is 51.3 Å². The van der Waals surface area contributed by atoms with E-state index in [-0.39, 0.29) is 11.9 Å². The number of aromatic nitrogens is 3. The first kappa shape index (κ1) is 16.9. The van der Waals surface area contributed by atoms with Crippen LogP contribution in [0.15, 0.2) is 36.9 Å². The second-order valence-electron chi connectivity index (χ2n) is 6.03. The molecule has 3 rings (SSSR count). The summed E-state index contributed by atoms with van der Waals surface area (Å²) >= 11 is 5.93. The molecule has 1 atom stereocenters. The molecule has 0 radical (unpaired) electrons. The van der Waals surface area contributed by atoms with Crippen LogP contribution in [0.5, 0.6) is 0 Å². The van der Waals surface area contributed by atoms with Gasteiger partial charge in [0.05, 0.1) is 11.2 Å². The average molecular weight is 348 g/mol. The molecule has 0 saturated carbocycles. The van der Waals surface area contributed by atoms with Crippen LogP contribution in [0.2, 0.25) is 5.02 Å². The number of hydrogen-bond acceptors (Lipinski definition) is 4. The quantitative estimate of drug-likeness (QED) is 0.832. The number of hydrogen-bond donors (Lipinski definition) is 0. The van der Waals surface area contributed by atoms with E-state index >= 15 is 0 Å². The predicted molar refractivity (Wildman–Crippen MR) is 92.7 cm³/mol. The van der Waals surface area contributed by atoms with Gasteiger partial charge in [-0.25, -0.2) is 0 Å². The van der Waals surface area contributed by atoms with E-state index in [1.165, 1.54) is 5.56 Å². The maximum absolute atomic E-state index is 12.8. The Morgan fingerprint density at radius 3 is 2.67 bits per heavy atom. The number of carbonyl (C=O) groups excluding carboxylic acids is 1. The van der Waals surface area contributed by atoms with E-state index in [0.717, 1.165) is 32.7 Å². The standard InChI is InChI=1S/C17H22ClN5O/c1-2-16(23-13-15(18)11-20-23)17(24)22-8-6-21(7-9-22)12-14-4-3-5-19-10-14/h3-5,10-11,13,16H,2,6-9,12H2,1H3. The minimum absolute atomic E-state index is 0.123. The third-order valence-electron chi connectivity index (χ3n) is 4.37. The van der Waals surface area contributed by atoms with Crippen molar-refractivity contribution in [1.29, 1.82) is 0 Å². The first-order valence-electron chi connectivity index (χ1n) is 8.27. The summed E-state index contributed by atoms with van der Waals surface area (Å²) in [5.41, 5.74) is 1.20. The predicted octanol–water partition coefficient (Wildman–Crippen LogP) is 2.23. The van der Waals surface area contributed by atoms with E-state index in [0.29, 0.717) is 11.4 Å². The number of halogens is 1. The molecule has 1 aliphatic heterocycles. The molecule has 7 heteroatoms. The van der Waals surface area contributed by atoms with Gasteiger partial charge in [-0.2, -0.15) is 5.10 Å². The molecule has 3 heterocycles. The number of carbonyl (C=O) groups is 1. The molecule has 0 N–H and O–H groups in total. The van der Waals surface area contributed by atoms with Crippen LogP contribution in [0.4, 0.5) is 0 Å². The van der Waals surface area contributed by atoms with Crippen molar-refractivity contribution in [3.63, 3.8) is 0 Å². The summed E-state index contributed by atoms with van der Waals surface area (Å²) in [6.07, 6.45) is 7.67. The molecular formula is C17H22ClN5O. The Hall–Kier alpha value is -1.92. The van der Waals surface area contributed by atoms with Gasteiger partial charge in [0.2, 0.25) is 5.91 Å². The van der Waals surface area contributed by atoms with Gasteiger partial charge < -0.3 is 4.90 Å². The largest absolute Gasteiger partial charge is 0.338 e. The fourth-order valence-corrected chi connectivity index (χ4v) is 3.19. The molecule has 1 unspecified atom stereocenters. The van der Waals surface area contributed by atoms with Crippen LogP contribution in [-0.2, 0) is 11.3 Å². The fraction of sp³-hybridized carbons (Fsp3) is 0.471. The third-order valence-corrected chi connectivity index (χ3v) is 4.57. The van der Waals surface area contributed by atoms with Crippen LogP contribution < -0.4 is 0 Å². The maximum Gasteiger partial charge on any atom is 0.247 e. The van der Waals surface area contributed by atoms with Crippen LogP contribution in [0, 0.1) is 0 Å². The SMILES string of the molecule is CCC(C(=O)N1CCN(Cc2cccnc2)CC1)n1cc(Cl)cn1. The van der Waals surface area contributed by atoms with Crippen molar-refractivity contribution in [1.82, 2.24) is 24.6 Å². The first-order valence-corrected chi connectivity index (χ1v) is 8.65. The summed E-state index contributed by atoms with van der Waals surface area (Å²) in [7, 11) is 0. The van der Waals surface area contributed by atoms with Crippen molar-refractivity contribution < 1.29 is 4.79 Å². The maximum atomic E-state index is 12.8. The minimum atomic E-state index is -0.276. The van der Waals surface area contributed by atoms with Gasteiger partial charge in [-0.3, -0.25) is 19.4 Å². The van der Waals surface area contributed by atoms with Crippen molar-refractivity contribution >= 4 is 17.5 Å². The van der Waals surface area contributed by atoms with Gasteiger partial charge in [0.1, 0.15) is 6.04 Å². The second kappa shape index (κ2) is 7.77. The van der Waals surface area contributed by atoms with Crippen molar-refractivity contribution in [2.75, 3.05) is 26.2 Å². The van der Waals surface area contributed by atoms with Gasteiger partial charge in [-0.15, -0.1) is 0 Å². The van der Waals surface area contributed by atoms with Crippen molar-refractivity contribution in [3.05, 3.63) is 47.5 Å². The van der Waals surface area contributed by atoms with Crippen LogP contribution >= 0.6 is 11.6 Å². The highest BCUT2D eigenvalue weighted by atomic mass is 35.5. The van der Waals surface area contributed by atoms with Crippen LogP contribution in [0.3, 0.4) is 0 Å². The van der Waals surface area contributed by atoms with E-state index in [1.54, 1.807) is 23.3 Å². The molecule has 2 aromatic heterocycles. The van der Waals surface area contributed by atoms with Gasteiger partial charge in [0.25, 0.3) is 0 Å². The fourth-order valence-electron chi connectivity index (χ4n) is 3.05. The normalized spacial score (nSPS) is 17.0. The topological polar surface area (TPSA) is 54.3 Å². The van der Waals surface area contributed by atoms with Crippen molar-refractivity contribution in [3.8, 4) is 0 Å². The highest BCUT2D eigenvalue weighted by Crippen LogP contribution is 2.18. The Kier molecular flexibility index (Phi) is 5.48.